The van der Waals surface area contributed by atoms with E-state index in [-0.39, 0.29) is 30.6 Å². The van der Waals surface area contributed by atoms with E-state index in [1.807, 2.05) is 73.8 Å². The predicted molar refractivity (Wildman–Crippen MR) is 130 cm³/mol. The molecule has 170 valence electrons. The highest BCUT2D eigenvalue weighted by Gasteiger charge is 2.52. The average Bonchev–Trinajstić information content (AvgIpc) is 3.05. The lowest BCUT2D eigenvalue weighted by molar-refractivity contribution is -0.133. The van der Waals surface area contributed by atoms with Crippen LogP contribution in [0.4, 0.5) is 4.79 Å². The molecule has 0 aliphatic carbocycles. The molecule has 1 aliphatic heterocycles. The normalized spacial score (nSPS) is 18.4. The molecule has 1 N–H and O–H groups in total. The Bertz CT molecular complexity index is 1050. The van der Waals surface area contributed by atoms with E-state index in [1.165, 1.54) is 4.90 Å². The van der Waals surface area contributed by atoms with Gasteiger partial charge < -0.3 is 5.32 Å². The standard InChI is InChI=1S/C28H31N3O2/c1-21(2)19-28(24-17-11-6-12-18-24)26(32)31(27(33)29-28)20-30(3)25(22-13-7-4-8-14-22)23-15-9-5-10-16-23/h4-18,21,25H,19-20H2,1-3H3,(H,29,33). The van der Waals surface area contributed by atoms with E-state index in [0.29, 0.717) is 6.42 Å². The van der Waals surface area contributed by atoms with Crippen LogP contribution < -0.4 is 5.32 Å². The van der Waals surface area contributed by atoms with E-state index in [1.54, 1.807) is 0 Å². The third-order valence-electron chi connectivity index (χ3n) is 6.19. The number of carbonyl (C=O) groups is 2. The molecule has 3 aromatic rings. The molecule has 1 aliphatic rings. The molecular weight excluding hydrogens is 410 g/mol. The topological polar surface area (TPSA) is 52.7 Å². The monoisotopic (exact) mass is 441 g/mol. The third kappa shape index (κ3) is 4.55. The smallest absolute Gasteiger partial charge is 0.319 e. The summed E-state index contributed by atoms with van der Waals surface area (Å²) in [5.74, 6) is 0.0349. The fourth-order valence-corrected chi connectivity index (χ4v) is 4.82. The van der Waals surface area contributed by atoms with Gasteiger partial charge in [0.25, 0.3) is 5.91 Å². The number of nitrogens with zero attached hydrogens (tertiary/aromatic N) is 2. The quantitative estimate of drug-likeness (QED) is 0.492. The summed E-state index contributed by atoms with van der Waals surface area (Å²) in [6.07, 6.45) is 0.544. The highest BCUT2D eigenvalue weighted by molar-refractivity contribution is 6.07. The van der Waals surface area contributed by atoms with Gasteiger partial charge in [-0.15, -0.1) is 0 Å². The number of urea groups is 1. The first-order chi connectivity index (χ1) is 15.9. The first-order valence-corrected chi connectivity index (χ1v) is 11.4. The van der Waals surface area contributed by atoms with Gasteiger partial charge in [0.05, 0.1) is 12.7 Å². The van der Waals surface area contributed by atoms with Crippen molar-refractivity contribution in [1.29, 1.82) is 0 Å². The lowest BCUT2D eigenvalue weighted by atomic mass is 9.82. The van der Waals surface area contributed by atoms with Gasteiger partial charge in [0.15, 0.2) is 0 Å². The van der Waals surface area contributed by atoms with Gasteiger partial charge in [0.2, 0.25) is 0 Å². The fourth-order valence-electron chi connectivity index (χ4n) is 4.82. The fraction of sp³-hybridized carbons (Fsp3) is 0.286. The molecule has 3 aromatic carbocycles. The summed E-state index contributed by atoms with van der Waals surface area (Å²) in [4.78, 5) is 30.4. The van der Waals surface area contributed by atoms with Crippen molar-refractivity contribution in [2.75, 3.05) is 13.7 Å². The molecule has 0 saturated carbocycles. The Hall–Kier alpha value is -3.44. The van der Waals surface area contributed by atoms with E-state index in [2.05, 4.69) is 48.3 Å². The number of nitrogens with one attached hydrogen (secondary N) is 1. The Morgan fingerprint density at radius 2 is 1.30 bits per heavy atom. The van der Waals surface area contributed by atoms with Crippen LogP contribution in [0.5, 0.6) is 0 Å². The second-order valence-electron chi connectivity index (χ2n) is 9.15. The molecule has 33 heavy (non-hydrogen) atoms. The van der Waals surface area contributed by atoms with Crippen LogP contribution in [0.3, 0.4) is 0 Å². The van der Waals surface area contributed by atoms with Crippen molar-refractivity contribution in [3.63, 3.8) is 0 Å². The Morgan fingerprint density at radius 3 is 1.79 bits per heavy atom. The summed E-state index contributed by atoms with van der Waals surface area (Å²) < 4.78 is 0. The lowest BCUT2D eigenvalue weighted by Gasteiger charge is -2.32. The minimum Gasteiger partial charge on any atom is -0.319 e. The Morgan fingerprint density at radius 1 is 0.818 bits per heavy atom. The second-order valence-corrected chi connectivity index (χ2v) is 9.15. The molecule has 1 saturated heterocycles. The van der Waals surface area contributed by atoms with Gasteiger partial charge in [-0.1, -0.05) is 105 Å². The van der Waals surface area contributed by atoms with Crippen LogP contribution in [-0.2, 0) is 10.3 Å². The van der Waals surface area contributed by atoms with E-state index in [9.17, 15) is 9.59 Å². The summed E-state index contributed by atoms with van der Waals surface area (Å²) in [6, 6.07) is 29.5. The number of carbonyl (C=O) groups excluding carboxylic acids is 2. The second kappa shape index (κ2) is 9.59. The van der Waals surface area contributed by atoms with Crippen molar-refractivity contribution < 1.29 is 9.59 Å². The molecule has 5 nitrogen and oxygen atoms in total. The van der Waals surface area contributed by atoms with Gasteiger partial charge >= 0.3 is 6.03 Å². The van der Waals surface area contributed by atoms with Crippen molar-refractivity contribution in [2.45, 2.75) is 31.8 Å². The van der Waals surface area contributed by atoms with Crippen molar-refractivity contribution in [2.24, 2.45) is 5.92 Å². The molecule has 3 amide bonds. The minimum atomic E-state index is -1.04. The summed E-state index contributed by atoms with van der Waals surface area (Å²) in [7, 11) is 1.95. The molecule has 5 heteroatoms. The maximum Gasteiger partial charge on any atom is 0.326 e. The van der Waals surface area contributed by atoms with E-state index < -0.39 is 5.54 Å². The van der Waals surface area contributed by atoms with Crippen LogP contribution in [0.15, 0.2) is 91.0 Å². The van der Waals surface area contributed by atoms with Crippen LogP contribution in [0.25, 0.3) is 0 Å². The van der Waals surface area contributed by atoms with Gasteiger partial charge in [-0.2, -0.15) is 0 Å². The lowest BCUT2D eigenvalue weighted by Crippen LogP contribution is -2.46. The van der Waals surface area contributed by atoms with Gasteiger partial charge in [0.1, 0.15) is 5.54 Å². The van der Waals surface area contributed by atoms with Crippen molar-refractivity contribution >= 4 is 11.9 Å². The number of amides is 3. The Balaban J connectivity index is 1.66. The summed E-state index contributed by atoms with van der Waals surface area (Å²) in [5.41, 5.74) is 2.00. The van der Waals surface area contributed by atoms with Crippen LogP contribution >= 0.6 is 0 Å². The molecule has 1 atom stereocenters. The molecule has 4 rings (SSSR count). The van der Waals surface area contributed by atoms with Gasteiger partial charge in [-0.05, 0) is 36.1 Å². The molecule has 1 fully saturated rings. The molecular formula is C28H31N3O2. The molecule has 0 aromatic heterocycles. The average molecular weight is 442 g/mol. The van der Waals surface area contributed by atoms with E-state index >= 15 is 0 Å². The molecule has 1 unspecified atom stereocenters. The molecule has 0 radical (unpaired) electrons. The SMILES string of the molecule is CC(C)CC1(c2ccccc2)NC(=O)N(CN(C)C(c2ccccc2)c2ccccc2)C1=O. The maximum absolute atomic E-state index is 13.8. The van der Waals surface area contributed by atoms with Gasteiger partial charge in [-0.3, -0.25) is 9.69 Å². The molecule has 1 heterocycles. The summed E-state index contributed by atoms with van der Waals surface area (Å²) >= 11 is 0. The maximum atomic E-state index is 13.8. The van der Waals surface area contributed by atoms with E-state index in [4.69, 9.17) is 0 Å². The van der Waals surface area contributed by atoms with Crippen LogP contribution in [-0.4, -0.2) is 35.5 Å². The molecule has 0 spiro atoms. The zero-order valence-corrected chi connectivity index (χ0v) is 19.4. The van der Waals surface area contributed by atoms with Crippen molar-refractivity contribution in [3.8, 4) is 0 Å². The Kier molecular flexibility index (Phi) is 6.61. The van der Waals surface area contributed by atoms with E-state index in [0.717, 1.165) is 16.7 Å². The summed E-state index contributed by atoms with van der Waals surface area (Å²) in [5, 5.41) is 3.05. The zero-order valence-electron chi connectivity index (χ0n) is 19.4. The first kappa shape index (κ1) is 22.7. The Labute approximate surface area is 196 Å². The van der Waals surface area contributed by atoms with Gasteiger partial charge in [0, 0.05) is 0 Å². The number of rotatable bonds is 8. The number of imide groups is 1. The highest BCUT2D eigenvalue weighted by Crippen LogP contribution is 2.36. The third-order valence-corrected chi connectivity index (χ3v) is 6.19. The van der Waals surface area contributed by atoms with Gasteiger partial charge in [-0.25, -0.2) is 9.69 Å². The predicted octanol–water partition coefficient (Wildman–Crippen LogP) is 5.16. The minimum absolute atomic E-state index is 0.0928. The van der Waals surface area contributed by atoms with Crippen molar-refractivity contribution in [3.05, 3.63) is 108 Å². The first-order valence-electron chi connectivity index (χ1n) is 11.4. The van der Waals surface area contributed by atoms with Crippen LogP contribution in [0.2, 0.25) is 0 Å². The number of benzene rings is 3. The summed E-state index contributed by atoms with van der Waals surface area (Å²) in [6.45, 7) is 4.32. The molecule has 0 bridgehead atoms. The zero-order chi connectivity index (χ0) is 23.4. The number of hydrogen-bond acceptors (Lipinski definition) is 3. The van der Waals surface area contributed by atoms with Crippen molar-refractivity contribution in [1.82, 2.24) is 15.1 Å². The highest BCUT2D eigenvalue weighted by atomic mass is 16.2. The number of hydrogen-bond donors (Lipinski definition) is 1. The largest absolute Gasteiger partial charge is 0.326 e. The van der Waals surface area contributed by atoms with Crippen LogP contribution in [0.1, 0.15) is 43.0 Å². The van der Waals surface area contributed by atoms with Crippen LogP contribution in [0, 0.1) is 5.92 Å².